The van der Waals surface area contributed by atoms with E-state index in [1.807, 2.05) is 0 Å². The molecule has 0 fully saturated rings. The topological polar surface area (TPSA) is 9.03 Å². The maximum Gasteiger partial charge on any atom is 0.295 e. The van der Waals surface area contributed by atoms with Crippen molar-refractivity contribution in [2.24, 2.45) is 0 Å². The molecule has 0 unspecified atom stereocenters. The summed E-state index contributed by atoms with van der Waals surface area (Å²) in [5, 5.41) is 4.09. The molecule has 2 nitrogen and oxygen atoms in total. The molecule has 6 aromatic rings. The minimum atomic E-state index is 0.0693. The number of aromatic nitrogens is 2. The number of nitrogens with zero attached hydrogens (tertiary/aromatic N) is 2. The van der Waals surface area contributed by atoms with Gasteiger partial charge in [-0.3, -0.25) is 0 Å². The highest BCUT2D eigenvalue weighted by molar-refractivity contribution is 6.17. The summed E-state index contributed by atoms with van der Waals surface area (Å²) < 4.78 is 5.01. The normalized spacial score (nSPS) is 12.2. The van der Waals surface area contributed by atoms with E-state index in [1.165, 1.54) is 72.0 Å². The van der Waals surface area contributed by atoms with Crippen molar-refractivity contribution in [1.29, 1.82) is 0 Å². The first kappa shape index (κ1) is 26.3. The summed E-state index contributed by atoms with van der Waals surface area (Å²) in [6.45, 7) is 17.1. The van der Waals surface area contributed by atoms with Gasteiger partial charge in [0.15, 0.2) is 5.69 Å². The van der Waals surface area contributed by atoms with Crippen molar-refractivity contribution in [1.82, 2.24) is 4.57 Å². The largest absolute Gasteiger partial charge is 0.295 e. The van der Waals surface area contributed by atoms with Crippen LogP contribution < -0.4 is 4.40 Å². The van der Waals surface area contributed by atoms with E-state index in [0.29, 0.717) is 0 Å². The standard InChI is InChI=1S/C38H41N2/c1-8-38(7,9-2)31-21-20-30(34-26(5)22-25(4)23-27(34)6)35-29-18-14-15-19-32(29)40-24-33(28-16-12-11-13-17-28)39(10-3)37(40)36(31)35/h11-24H,8-10H2,1-7H3/q+1. The van der Waals surface area contributed by atoms with Gasteiger partial charge in [-0.25, -0.2) is 4.57 Å². The van der Waals surface area contributed by atoms with Crippen LogP contribution in [0.5, 0.6) is 0 Å². The molecule has 2 heterocycles. The average Bonchev–Trinajstić information content (AvgIpc) is 3.36. The summed E-state index contributed by atoms with van der Waals surface area (Å²) in [6.07, 6.45) is 4.56. The van der Waals surface area contributed by atoms with E-state index in [0.717, 1.165) is 19.4 Å². The van der Waals surface area contributed by atoms with Crippen LogP contribution in [0.15, 0.2) is 85.1 Å². The molecule has 2 aromatic heterocycles. The predicted octanol–water partition coefficient (Wildman–Crippen LogP) is 9.89. The highest BCUT2D eigenvalue weighted by Gasteiger charge is 2.32. The monoisotopic (exact) mass is 525 g/mol. The Morgan fingerprint density at radius 3 is 2.05 bits per heavy atom. The molecule has 202 valence electrons. The Kier molecular flexibility index (Phi) is 6.53. The van der Waals surface area contributed by atoms with Gasteiger partial charge < -0.3 is 0 Å². The third-order valence-electron chi connectivity index (χ3n) is 9.43. The predicted molar refractivity (Wildman–Crippen MR) is 171 cm³/mol. The summed E-state index contributed by atoms with van der Waals surface area (Å²) in [7, 11) is 0. The zero-order valence-electron chi connectivity index (χ0n) is 25.1. The number of fused-ring (bicyclic) bond motifs is 6. The number of para-hydroxylation sites is 1. The summed E-state index contributed by atoms with van der Waals surface area (Å²) in [6, 6.07) is 29.4. The Bertz CT molecular complexity index is 1860. The zero-order chi connectivity index (χ0) is 28.2. The van der Waals surface area contributed by atoms with Crippen LogP contribution in [0, 0.1) is 20.8 Å². The Balaban J connectivity index is 1.93. The molecule has 0 atom stereocenters. The molecule has 0 bridgehead atoms. The summed E-state index contributed by atoms with van der Waals surface area (Å²) >= 11 is 0. The van der Waals surface area contributed by atoms with Gasteiger partial charge in [0.05, 0.1) is 11.9 Å². The highest BCUT2D eigenvalue weighted by Crippen LogP contribution is 2.45. The van der Waals surface area contributed by atoms with Crippen molar-refractivity contribution in [3.05, 3.63) is 107 Å². The minimum Gasteiger partial charge on any atom is -0.223 e. The average molecular weight is 526 g/mol. The lowest BCUT2D eigenvalue weighted by Gasteiger charge is -2.29. The maximum absolute atomic E-state index is 2.54. The lowest BCUT2D eigenvalue weighted by molar-refractivity contribution is -0.478. The Morgan fingerprint density at radius 2 is 1.40 bits per heavy atom. The smallest absolute Gasteiger partial charge is 0.223 e. The first-order valence-electron chi connectivity index (χ1n) is 14.9. The first-order chi connectivity index (χ1) is 19.3. The lowest BCUT2D eigenvalue weighted by atomic mass is 9.74. The van der Waals surface area contributed by atoms with E-state index >= 15 is 0 Å². The van der Waals surface area contributed by atoms with Crippen LogP contribution in [0.3, 0.4) is 0 Å². The highest BCUT2D eigenvalue weighted by atomic mass is 15.1. The summed E-state index contributed by atoms with van der Waals surface area (Å²) in [5.74, 6) is 0. The number of hydrogen-bond donors (Lipinski definition) is 0. The molecule has 0 N–H and O–H groups in total. The van der Waals surface area contributed by atoms with Gasteiger partial charge in [-0.05, 0) is 79.8 Å². The van der Waals surface area contributed by atoms with Gasteiger partial charge in [0, 0.05) is 16.3 Å². The van der Waals surface area contributed by atoms with E-state index in [4.69, 9.17) is 0 Å². The molecule has 6 rings (SSSR count). The number of pyridine rings is 1. The fourth-order valence-corrected chi connectivity index (χ4v) is 7.05. The first-order valence-corrected chi connectivity index (χ1v) is 14.9. The molecule has 4 aromatic carbocycles. The van der Waals surface area contributed by atoms with Crippen molar-refractivity contribution in [3.8, 4) is 22.4 Å². The number of benzene rings is 4. The molecular weight excluding hydrogens is 484 g/mol. The fourth-order valence-electron chi connectivity index (χ4n) is 7.05. The molecule has 0 amide bonds. The third kappa shape index (κ3) is 3.88. The van der Waals surface area contributed by atoms with Crippen LogP contribution >= 0.6 is 0 Å². The van der Waals surface area contributed by atoms with Gasteiger partial charge in [-0.1, -0.05) is 99.1 Å². The van der Waals surface area contributed by atoms with Gasteiger partial charge in [-0.15, -0.1) is 0 Å². The van der Waals surface area contributed by atoms with Gasteiger partial charge in [-0.2, -0.15) is 4.40 Å². The molecule has 0 saturated carbocycles. The van der Waals surface area contributed by atoms with Gasteiger partial charge >= 0.3 is 0 Å². The molecule has 40 heavy (non-hydrogen) atoms. The summed E-state index contributed by atoms with van der Waals surface area (Å²) in [5.41, 5.74) is 13.3. The number of hydrogen-bond acceptors (Lipinski definition) is 0. The molecule has 0 aliphatic carbocycles. The molecule has 0 aliphatic heterocycles. The van der Waals surface area contributed by atoms with Crippen LogP contribution in [0.4, 0.5) is 0 Å². The molecule has 0 saturated heterocycles. The van der Waals surface area contributed by atoms with Gasteiger partial charge in [0.2, 0.25) is 0 Å². The van der Waals surface area contributed by atoms with Crippen molar-refractivity contribution in [2.45, 2.75) is 73.3 Å². The Labute approximate surface area is 238 Å². The Hall–Kier alpha value is -3.91. The van der Waals surface area contributed by atoms with E-state index < -0.39 is 0 Å². The van der Waals surface area contributed by atoms with Gasteiger partial charge in [0.1, 0.15) is 11.7 Å². The van der Waals surface area contributed by atoms with Crippen molar-refractivity contribution in [3.63, 3.8) is 0 Å². The molecule has 0 radical (unpaired) electrons. The summed E-state index contributed by atoms with van der Waals surface area (Å²) in [4.78, 5) is 0. The van der Waals surface area contributed by atoms with Crippen LogP contribution in [0.2, 0.25) is 0 Å². The number of imidazole rings is 1. The SMILES string of the molecule is CCn1c(-c2ccccc2)c[n+]2c3ccccc3c3c(-c4c(C)cc(C)cc4C)ccc(C(C)(CC)CC)c3c12. The van der Waals surface area contributed by atoms with Crippen molar-refractivity contribution in [2.75, 3.05) is 0 Å². The quantitative estimate of drug-likeness (QED) is 0.151. The van der Waals surface area contributed by atoms with Crippen LogP contribution in [0.1, 0.15) is 62.8 Å². The van der Waals surface area contributed by atoms with Crippen LogP contribution in [-0.2, 0) is 12.0 Å². The van der Waals surface area contributed by atoms with Crippen molar-refractivity contribution < 1.29 is 4.40 Å². The second kappa shape index (κ2) is 9.93. The number of rotatable bonds is 6. The van der Waals surface area contributed by atoms with E-state index in [1.54, 1.807) is 0 Å². The maximum atomic E-state index is 2.54. The molecule has 0 spiro atoms. The fraction of sp³-hybridized carbons (Fsp3) is 0.289. The zero-order valence-corrected chi connectivity index (χ0v) is 25.1. The third-order valence-corrected chi connectivity index (χ3v) is 9.43. The lowest BCUT2D eigenvalue weighted by Crippen LogP contribution is -2.25. The molecular formula is C38H41N2+. The molecule has 2 heteroatoms. The van der Waals surface area contributed by atoms with E-state index in [9.17, 15) is 0 Å². The number of aryl methyl sites for hydroxylation is 4. The Morgan fingerprint density at radius 1 is 0.750 bits per heavy atom. The van der Waals surface area contributed by atoms with Gasteiger partial charge in [0.25, 0.3) is 5.65 Å². The van der Waals surface area contributed by atoms with Crippen LogP contribution in [0.25, 0.3) is 49.7 Å². The van der Waals surface area contributed by atoms with E-state index in [2.05, 4.69) is 142 Å². The van der Waals surface area contributed by atoms with Crippen molar-refractivity contribution >= 4 is 27.3 Å². The van der Waals surface area contributed by atoms with E-state index in [-0.39, 0.29) is 5.41 Å². The minimum absolute atomic E-state index is 0.0693. The molecule has 0 aliphatic rings. The second-order valence-corrected chi connectivity index (χ2v) is 11.8. The second-order valence-electron chi connectivity index (χ2n) is 11.8. The van der Waals surface area contributed by atoms with Crippen LogP contribution in [-0.4, -0.2) is 4.57 Å².